The molecule has 0 atom stereocenters. The number of hydrogen-bond acceptors (Lipinski definition) is 4. The summed E-state index contributed by atoms with van der Waals surface area (Å²) in [6.45, 7) is 1.28. The smallest absolute Gasteiger partial charge is 0.254 e. The van der Waals surface area contributed by atoms with Gasteiger partial charge in [0.1, 0.15) is 0 Å². The summed E-state index contributed by atoms with van der Waals surface area (Å²) in [5, 5.41) is 10.2. The van der Waals surface area contributed by atoms with Gasteiger partial charge in [0.15, 0.2) is 5.82 Å². The number of hydrogen-bond donors (Lipinski definition) is 0. The molecule has 0 aromatic carbocycles. The molecule has 1 aliphatic heterocycles. The second-order valence-electron chi connectivity index (χ2n) is 5.13. The lowest BCUT2D eigenvalue weighted by molar-refractivity contribution is -0.116. The number of anilines is 1. The van der Waals surface area contributed by atoms with E-state index in [2.05, 4.69) is 10.2 Å². The van der Waals surface area contributed by atoms with Crippen LogP contribution in [0, 0.1) is 5.92 Å². The molecular weight excluding hydrogens is 244 g/mol. The molecule has 1 aliphatic carbocycles. The SMILES string of the molecule is COCCn1ccc(N2N=C(CC3CC3)CC2=O)n1. The van der Waals surface area contributed by atoms with E-state index in [0.717, 1.165) is 18.1 Å². The number of carbonyl (C=O) groups excluding carboxylic acids is 1. The summed E-state index contributed by atoms with van der Waals surface area (Å²) in [5.41, 5.74) is 0.999. The Morgan fingerprint density at radius 1 is 1.47 bits per heavy atom. The molecule has 0 bridgehead atoms. The summed E-state index contributed by atoms with van der Waals surface area (Å²) < 4.78 is 6.76. The van der Waals surface area contributed by atoms with Gasteiger partial charge >= 0.3 is 0 Å². The molecule has 1 aromatic rings. The molecule has 6 nitrogen and oxygen atoms in total. The summed E-state index contributed by atoms with van der Waals surface area (Å²) in [6.07, 6.45) is 5.81. The van der Waals surface area contributed by atoms with Gasteiger partial charge in [-0.2, -0.15) is 15.2 Å². The Bertz CT molecular complexity index is 504. The first kappa shape index (κ1) is 12.3. The molecule has 102 valence electrons. The lowest BCUT2D eigenvalue weighted by Crippen LogP contribution is -2.20. The van der Waals surface area contributed by atoms with Gasteiger partial charge in [0.2, 0.25) is 0 Å². The van der Waals surface area contributed by atoms with Crippen LogP contribution in [0.3, 0.4) is 0 Å². The van der Waals surface area contributed by atoms with Crippen molar-refractivity contribution < 1.29 is 9.53 Å². The second-order valence-corrected chi connectivity index (χ2v) is 5.13. The molecule has 1 aromatic heterocycles. The zero-order valence-electron chi connectivity index (χ0n) is 11.1. The van der Waals surface area contributed by atoms with E-state index in [1.807, 2.05) is 12.3 Å². The van der Waals surface area contributed by atoms with Gasteiger partial charge < -0.3 is 4.74 Å². The Kier molecular flexibility index (Phi) is 3.33. The number of hydrazone groups is 1. The maximum Gasteiger partial charge on any atom is 0.254 e. The molecule has 0 unspecified atom stereocenters. The molecule has 2 heterocycles. The molecule has 1 saturated carbocycles. The van der Waals surface area contributed by atoms with E-state index in [4.69, 9.17) is 4.74 Å². The van der Waals surface area contributed by atoms with Crippen molar-refractivity contribution in [3.63, 3.8) is 0 Å². The number of carbonyl (C=O) groups is 1. The van der Waals surface area contributed by atoms with Crippen LogP contribution in [0.1, 0.15) is 25.7 Å². The normalized spacial score (nSPS) is 19.1. The summed E-state index contributed by atoms with van der Waals surface area (Å²) in [5.74, 6) is 1.38. The highest BCUT2D eigenvalue weighted by Crippen LogP contribution is 2.34. The van der Waals surface area contributed by atoms with Crippen molar-refractivity contribution in [3.8, 4) is 0 Å². The van der Waals surface area contributed by atoms with Crippen molar-refractivity contribution in [3.05, 3.63) is 12.3 Å². The lowest BCUT2D eigenvalue weighted by Gasteiger charge is -2.07. The Morgan fingerprint density at radius 3 is 3.05 bits per heavy atom. The van der Waals surface area contributed by atoms with Crippen molar-refractivity contribution in [2.24, 2.45) is 11.0 Å². The minimum Gasteiger partial charge on any atom is -0.383 e. The van der Waals surface area contributed by atoms with Crippen LogP contribution in [-0.4, -0.2) is 35.1 Å². The number of ether oxygens (including phenoxy) is 1. The Morgan fingerprint density at radius 2 is 2.32 bits per heavy atom. The first-order valence-corrected chi connectivity index (χ1v) is 6.68. The van der Waals surface area contributed by atoms with Crippen LogP contribution in [0.5, 0.6) is 0 Å². The highest BCUT2D eigenvalue weighted by Gasteiger charge is 2.31. The third kappa shape index (κ3) is 2.84. The average Bonchev–Trinajstić information content (AvgIpc) is 2.95. The van der Waals surface area contributed by atoms with Crippen molar-refractivity contribution in [2.45, 2.75) is 32.2 Å². The fourth-order valence-electron chi connectivity index (χ4n) is 2.20. The van der Waals surface area contributed by atoms with E-state index in [1.54, 1.807) is 11.8 Å². The third-order valence-electron chi connectivity index (χ3n) is 3.42. The minimum absolute atomic E-state index is 0.0210. The van der Waals surface area contributed by atoms with E-state index in [9.17, 15) is 4.79 Å². The van der Waals surface area contributed by atoms with Gasteiger partial charge in [-0.1, -0.05) is 0 Å². The fraction of sp³-hybridized carbons (Fsp3) is 0.615. The Hall–Kier alpha value is -1.69. The monoisotopic (exact) mass is 262 g/mol. The molecular formula is C13H18N4O2. The van der Waals surface area contributed by atoms with Crippen LogP contribution in [0.2, 0.25) is 0 Å². The van der Waals surface area contributed by atoms with Gasteiger partial charge in [0.05, 0.1) is 19.6 Å². The van der Waals surface area contributed by atoms with Gasteiger partial charge in [-0.25, -0.2) is 0 Å². The zero-order valence-corrected chi connectivity index (χ0v) is 11.1. The predicted molar refractivity (Wildman–Crippen MR) is 71.0 cm³/mol. The van der Waals surface area contributed by atoms with Gasteiger partial charge in [-0.15, -0.1) is 0 Å². The van der Waals surface area contributed by atoms with E-state index >= 15 is 0 Å². The first-order chi connectivity index (χ1) is 9.26. The second kappa shape index (κ2) is 5.13. The van der Waals surface area contributed by atoms with E-state index in [1.165, 1.54) is 17.9 Å². The molecule has 0 spiro atoms. The van der Waals surface area contributed by atoms with Crippen molar-refractivity contribution >= 4 is 17.4 Å². The number of rotatable bonds is 6. The highest BCUT2D eigenvalue weighted by atomic mass is 16.5. The van der Waals surface area contributed by atoms with Crippen LogP contribution in [0.4, 0.5) is 5.82 Å². The largest absolute Gasteiger partial charge is 0.383 e. The fourth-order valence-corrected chi connectivity index (χ4v) is 2.20. The lowest BCUT2D eigenvalue weighted by atomic mass is 10.1. The molecule has 1 fully saturated rings. The van der Waals surface area contributed by atoms with Gasteiger partial charge in [-0.3, -0.25) is 9.48 Å². The van der Waals surface area contributed by atoms with Crippen LogP contribution in [0.15, 0.2) is 17.4 Å². The molecule has 3 rings (SSSR count). The Labute approximate surface area is 112 Å². The van der Waals surface area contributed by atoms with Gasteiger partial charge in [-0.05, 0) is 25.2 Å². The van der Waals surface area contributed by atoms with Gasteiger partial charge in [0.25, 0.3) is 5.91 Å². The molecule has 2 aliphatic rings. The quantitative estimate of drug-likeness (QED) is 0.779. The third-order valence-corrected chi connectivity index (χ3v) is 3.42. The van der Waals surface area contributed by atoms with E-state index in [0.29, 0.717) is 25.4 Å². The topological polar surface area (TPSA) is 59.7 Å². The van der Waals surface area contributed by atoms with Crippen LogP contribution in [-0.2, 0) is 16.1 Å². The average molecular weight is 262 g/mol. The standard InChI is InChI=1S/C13H18N4O2/c1-19-7-6-16-5-4-12(15-16)17-13(18)9-11(14-17)8-10-2-3-10/h4-5,10H,2-3,6-9H2,1H3. The van der Waals surface area contributed by atoms with Crippen molar-refractivity contribution in [1.29, 1.82) is 0 Å². The van der Waals surface area contributed by atoms with Crippen LogP contribution < -0.4 is 5.01 Å². The van der Waals surface area contributed by atoms with Crippen LogP contribution in [0.25, 0.3) is 0 Å². The van der Waals surface area contributed by atoms with Crippen molar-refractivity contribution in [1.82, 2.24) is 9.78 Å². The minimum atomic E-state index is 0.0210. The predicted octanol–water partition coefficient (Wildman–Crippen LogP) is 1.42. The molecule has 0 saturated heterocycles. The maximum atomic E-state index is 11.9. The van der Waals surface area contributed by atoms with Crippen molar-refractivity contribution in [2.75, 3.05) is 18.7 Å². The van der Waals surface area contributed by atoms with Gasteiger partial charge in [0, 0.05) is 25.1 Å². The number of methoxy groups -OCH3 is 1. The van der Waals surface area contributed by atoms with E-state index in [-0.39, 0.29) is 5.91 Å². The molecule has 0 N–H and O–H groups in total. The van der Waals surface area contributed by atoms with E-state index < -0.39 is 0 Å². The molecule has 0 radical (unpaired) electrons. The highest BCUT2D eigenvalue weighted by molar-refractivity contribution is 6.12. The number of amides is 1. The molecule has 1 amide bonds. The summed E-state index contributed by atoms with van der Waals surface area (Å²) in [4.78, 5) is 11.9. The molecule has 6 heteroatoms. The van der Waals surface area contributed by atoms with Crippen LogP contribution >= 0.6 is 0 Å². The summed E-state index contributed by atoms with van der Waals surface area (Å²) in [6, 6.07) is 1.82. The Balaban J connectivity index is 1.68. The maximum absolute atomic E-state index is 11.9. The molecule has 19 heavy (non-hydrogen) atoms. The first-order valence-electron chi connectivity index (χ1n) is 6.68. The zero-order chi connectivity index (χ0) is 13.2. The summed E-state index contributed by atoms with van der Waals surface area (Å²) in [7, 11) is 1.66. The summed E-state index contributed by atoms with van der Waals surface area (Å²) >= 11 is 0. The number of nitrogens with zero attached hydrogens (tertiary/aromatic N) is 4. The number of aromatic nitrogens is 2.